The molecule has 1 aliphatic carbocycles. The maximum Gasteiger partial charge on any atom is 0.0637 e. The molecule has 1 unspecified atom stereocenters. The van der Waals surface area contributed by atoms with Crippen LogP contribution >= 0.6 is 11.6 Å². The Balaban J connectivity index is 2.06. The van der Waals surface area contributed by atoms with Crippen LogP contribution in [0.2, 0.25) is 5.02 Å². The Morgan fingerprint density at radius 3 is 3.00 bits per heavy atom. The second-order valence-electron chi connectivity index (χ2n) is 4.58. The molecule has 0 aliphatic heterocycles. The number of hydrogen-bond acceptors (Lipinski definition) is 2. The van der Waals surface area contributed by atoms with E-state index in [4.69, 9.17) is 11.6 Å². The Hall–Kier alpha value is -0.600. The predicted octanol–water partition coefficient (Wildman–Crippen LogP) is 3.58. The first-order valence-corrected chi connectivity index (χ1v) is 6.52. The maximum atomic E-state index is 6.20. The van der Waals surface area contributed by atoms with Crippen LogP contribution in [0.25, 0.3) is 0 Å². The average Bonchev–Trinajstić information content (AvgIpc) is 3.09. The summed E-state index contributed by atoms with van der Waals surface area (Å²) < 4.78 is 0. The Morgan fingerprint density at radius 1 is 1.56 bits per heavy atom. The largest absolute Gasteiger partial charge is 0.310 e. The highest BCUT2D eigenvalue weighted by molar-refractivity contribution is 6.31. The van der Waals surface area contributed by atoms with Gasteiger partial charge >= 0.3 is 0 Å². The molecular formula is C13H19ClN2. The van der Waals surface area contributed by atoms with Crippen molar-refractivity contribution in [2.45, 2.75) is 38.6 Å². The van der Waals surface area contributed by atoms with Gasteiger partial charge in [-0.15, -0.1) is 0 Å². The number of hydrogen-bond donors (Lipinski definition) is 1. The van der Waals surface area contributed by atoms with Crippen molar-refractivity contribution in [1.82, 2.24) is 10.3 Å². The van der Waals surface area contributed by atoms with Crippen molar-refractivity contribution in [2.24, 2.45) is 5.92 Å². The van der Waals surface area contributed by atoms with Crippen molar-refractivity contribution in [2.75, 3.05) is 6.54 Å². The van der Waals surface area contributed by atoms with Gasteiger partial charge in [0.15, 0.2) is 0 Å². The molecule has 16 heavy (non-hydrogen) atoms. The van der Waals surface area contributed by atoms with Gasteiger partial charge in [0.05, 0.1) is 5.02 Å². The molecule has 0 saturated heterocycles. The van der Waals surface area contributed by atoms with E-state index in [1.807, 2.05) is 12.3 Å². The number of halogens is 1. The minimum Gasteiger partial charge on any atom is -0.310 e. The van der Waals surface area contributed by atoms with Crippen LogP contribution in [0.3, 0.4) is 0 Å². The number of pyridine rings is 1. The summed E-state index contributed by atoms with van der Waals surface area (Å²) in [6.45, 7) is 3.24. The second-order valence-corrected chi connectivity index (χ2v) is 4.99. The zero-order valence-electron chi connectivity index (χ0n) is 9.75. The van der Waals surface area contributed by atoms with Gasteiger partial charge < -0.3 is 5.32 Å². The van der Waals surface area contributed by atoms with Crippen LogP contribution in [0, 0.1) is 5.92 Å². The standard InChI is InChI=1S/C13H19ClN2/c1-2-6-16-13(8-10-3-4-10)11-5-7-15-9-12(11)14/h5,7,9-10,13,16H,2-4,6,8H2,1H3. The Labute approximate surface area is 102 Å². The van der Waals surface area contributed by atoms with E-state index in [2.05, 4.69) is 17.2 Å². The van der Waals surface area contributed by atoms with Gasteiger partial charge in [-0.3, -0.25) is 4.98 Å². The molecule has 1 saturated carbocycles. The topological polar surface area (TPSA) is 24.9 Å². The molecule has 1 fully saturated rings. The summed E-state index contributed by atoms with van der Waals surface area (Å²) in [4.78, 5) is 4.04. The third-order valence-electron chi connectivity index (χ3n) is 3.09. The lowest BCUT2D eigenvalue weighted by Gasteiger charge is -2.19. The SMILES string of the molecule is CCCNC(CC1CC1)c1ccncc1Cl. The molecule has 0 aromatic carbocycles. The molecule has 1 aromatic rings. The first-order chi connectivity index (χ1) is 7.81. The fourth-order valence-electron chi connectivity index (χ4n) is 1.99. The lowest BCUT2D eigenvalue weighted by atomic mass is 10.0. The Bertz CT molecular complexity index is 336. The molecule has 1 N–H and O–H groups in total. The lowest BCUT2D eigenvalue weighted by molar-refractivity contribution is 0.474. The van der Waals surface area contributed by atoms with Crippen molar-refractivity contribution >= 4 is 11.6 Å². The minimum atomic E-state index is 0.406. The lowest BCUT2D eigenvalue weighted by Crippen LogP contribution is -2.23. The third-order valence-corrected chi connectivity index (χ3v) is 3.40. The molecule has 2 rings (SSSR count). The number of rotatable bonds is 6. The van der Waals surface area contributed by atoms with Crippen LogP contribution in [0.1, 0.15) is 44.2 Å². The normalized spacial score (nSPS) is 17.4. The fraction of sp³-hybridized carbons (Fsp3) is 0.615. The molecule has 0 radical (unpaired) electrons. The quantitative estimate of drug-likeness (QED) is 0.820. The molecule has 1 aliphatic rings. The molecule has 0 bridgehead atoms. The zero-order chi connectivity index (χ0) is 11.4. The van der Waals surface area contributed by atoms with Gasteiger partial charge in [-0.05, 0) is 36.9 Å². The first-order valence-electron chi connectivity index (χ1n) is 6.14. The molecule has 88 valence electrons. The van der Waals surface area contributed by atoms with Crippen molar-refractivity contribution in [3.63, 3.8) is 0 Å². The highest BCUT2D eigenvalue weighted by Crippen LogP contribution is 2.38. The van der Waals surface area contributed by atoms with Gasteiger partial charge in [0, 0.05) is 18.4 Å². The van der Waals surface area contributed by atoms with Gasteiger partial charge in [0.1, 0.15) is 0 Å². The second kappa shape index (κ2) is 5.65. The summed E-state index contributed by atoms with van der Waals surface area (Å²) in [6, 6.07) is 2.45. The number of nitrogens with zero attached hydrogens (tertiary/aromatic N) is 1. The van der Waals surface area contributed by atoms with E-state index in [-0.39, 0.29) is 0 Å². The Kier molecular flexibility index (Phi) is 4.19. The summed E-state index contributed by atoms with van der Waals surface area (Å²) in [5.74, 6) is 0.901. The van der Waals surface area contributed by atoms with Gasteiger partial charge in [-0.2, -0.15) is 0 Å². The summed E-state index contributed by atoms with van der Waals surface area (Å²) in [7, 11) is 0. The average molecular weight is 239 g/mol. The molecular weight excluding hydrogens is 220 g/mol. The molecule has 2 nitrogen and oxygen atoms in total. The van der Waals surface area contributed by atoms with Crippen LogP contribution in [0.4, 0.5) is 0 Å². The number of aromatic nitrogens is 1. The zero-order valence-corrected chi connectivity index (χ0v) is 10.5. The van der Waals surface area contributed by atoms with E-state index in [0.717, 1.165) is 23.9 Å². The van der Waals surface area contributed by atoms with Crippen LogP contribution in [-0.4, -0.2) is 11.5 Å². The molecule has 1 atom stereocenters. The summed E-state index contributed by atoms with van der Waals surface area (Å²) >= 11 is 6.20. The number of nitrogens with one attached hydrogen (secondary N) is 1. The van der Waals surface area contributed by atoms with Crippen molar-refractivity contribution in [3.8, 4) is 0 Å². The molecule has 3 heteroatoms. The van der Waals surface area contributed by atoms with E-state index in [1.165, 1.54) is 24.8 Å². The highest BCUT2D eigenvalue weighted by Gasteiger charge is 2.26. The van der Waals surface area contributed by atoms with Gasteiger partial charge in [0.25, 0.3) is 0 Å². The van der Waals surface area contributed by atoms with E-state index in [1.54, 1.807) is 6.20 Å². The van der Waals surface area contributed by atoms with Crippen LogP contribution < -0.4 is 5.32 Å². The van der Waals surface area contributed by atoms with E-state index in [0.29, 0.717) is 6.04 Å². The van der Waals surface area contributed by atoms with Gasteiger partial charge in [-0.25, -0.2) is 0 Å². The summed E-state index contributed by atoms with van der Waals surface area (Å²) in [5.41, 5.74) is 1.21. The predicted molar refractivity (Wildman–Crippen MR) is 67.6 cm³/mol. The molecule has 0 spiro atoms. The van der Waals surface area contributed by atoms with Gasteiger partial charge in [0.2, 0.25) is 0 Å². The molecule has 1 aromatic heterocycles. The highest BCUT2D eigenvalue weighted by atomic mass is 35.5. The van der Waals surface area contributed by atoms with E-state index in [9.17, 15) is 0 Å². The van der Waals surface area contributed by atoms with Gasteiger partial charge in [-0.1, -0.05) is 31.4 Å². The monoisotopic (exact) mass is 238 g/mol. The smallest absolute Gasteiger partial charge is 0.0637 e. The summed E-state index contributed by atoms with van der Waals surface area (Å²) in [6.07, 6.45) is 8.70. The van der Waals surface area contributed by atoms with Crippen LogP contribution in [0.5, 0.6) is 0 Å². The van der Waals surface area contributed by atoms with E-state index >= 15 is 0 Å². The minimum absolute atomic E-state index is 0.406. The maximum absolute atomic E-state index is 6.20. The summed E-state index contributed by atoms with van der Waals surface area (Å²) in [5, 5.41) is 4.37. The van der Waals surface area contributed by atoms with Crippen molar-refractivity contribution in [3.05, 3.63) is 29.0 Å². The van der Waals surface area contributed by atoms with E-state index < -0.39 is 0 Å². The molecule has 1 heterocycles. The Morgan fingerprint density at radius 2 is 2.38 bits per heavy atom. The molecule has 0 amide bonds. The van der Waals surface area contributed by atoms with Crippen molar-refractivity contribution in [1.29, 1.82) is 0 Å². The van der Waals surface area contributed by atoms with Crippen molar-refractivity contribution < 1.29 is 0 Å². The van der Waals surface area contributed by atoms with Crippen LogP contribution in [-0.2, 0) is 0 Å². The fourth-order valence-corrected chi connectivity index (χ4v) is 2.25. The third kappa shape index (κ3) is 3.19. The van der Waals surface area contributed by atoms with Crippen LogP contribution in [0.15, 0.2) is 18.5 Å². The first kappa shape index (κ1) is 11.9.